The van der Waals surface area contributed by atoms with Crippen molar-refractivity contribution in [3.05, 3.63) is 45.7 Å². The van der Waals surface area contributed by atoms with E-state index in [0.717, 1.165) is 16.3 Å². The number of imide groups is 1. The molecule has 120 valence electrons. The van der Waals surface area contributed by atoms with Crippen LogP contribution in [0.1, 0.15) is 17.8 Å². The molecule has 23 heavy (non-hydrogen) atoms. The Morgan fingerprint density at radius 1 is 1.13 bits per heavy atom. The molecule has 1 saturated heterocycles. The number of rotatable bonds is 3. The fourth-order valence-electron chi connectivity index (χ4n) is 2.85. The summed E-state index contributed by atoms with van der Waals surface area (Å²) in [6.07, 6.45) is 0.154. The average Bonchev–Trinajstić information content (AvgIpc) is 2.88. The summed E-state index contributed by atoms with van der Waals surface area (Å²) < 4.78 is 1.76. The monoisotopic (exact) mass is 351 g/mol. The highest BCUT2D eigenvalue weighted by Gasteiger charge is 2.40. The fourth-order valence-corrected chi connectivity index (χ4v) is 3.36. The summed E-state index contributed by atoms with van der Waals surface area (Å²) in [4.78, 5) is 26.1. The minimum absolute atomic E-state index is 0.154. The van der Waals surface area contributed by atoms with E-state index in [0.29, 0.717) is 22.3 Å². The quantitative estimate of drug-likeness (QED) is 0.796. The van der Waals surface area contributed by atoms with Gasteiger partial charge in [0.15, 0.2) is 0 Å². The van der Waals surface area contributed by atoms with E-state index in [2.05, 4.69) is 5.10 Å². The molecule has 2 aromatic rings. The molecule has 1 aliphatic rings. The standard InChI is InChI=1S/C16H15Cl2N3O2/c1-9-3-10(2)20(19-9)8-11-4-15(22)21(16(11)23)14-6-12(17)5-13(18)7-14/h3,5-7,11H,4,8H2,1-2H3/t11-/m1/s1. The molecule has 3 rings (SSSR count). The van der Waals surface area contributed by atoms with Crippen LogP contribution < -0.4 is 4.90 Å². The second-order valence-corrected chi connectivity index (χ2v) is 6.58. The number of halogens is 2. The van der Waals surface area contributed by atoms with Gasteiger partial charge in [0.2, 0.25) is 11.8 Å². The molecule has 0 unspecified atom stereocenters. The number of amides is 2. The molecular formula is C16H15Cl2N3O2. The van der Waals surface area contributed by atoms with Crippen molar-refractivity contribution in [3.8, 4) is 0 Å². The Morgan fingerprint density at radius 3 is 2.35 bits per heavy atom. The predicted octanol–water partition coefficient (Wildman–Crippen LogP) is 3.39. The minimum atomic E-state index is -0.432. The summed E-state index contributed by atoms with van der Waals surface area (Å²) in [6.45, 7) is 4.20. The molecular weight excluding hydrogens is 337 g/mol. The Bertz CT molecular complexity index is 780. The maximum Gasteiger partial charge on any atom is 0.239 e. The largest absolute Gasteiger partial charge is 0.274 e. The van der Waals surface area contributed by atoms with E-state index in [9.17, 15) is 9.59 Å². The third kappa shape index (κ3) is 3.12. The normalized spacial score (nSPS) is 18.1. The number of aromatic nitrogens is 2. The van der Waals surface area contributed by atoms with E-state index < -0.39 is 5.92 Å². The lowest BCUT2D eigenvalue weighted by molar-refractivity contribution is -0.122. The van der Waals surface area contributed by atoms with Gasteiger partial charge in [-0.05, 0) is 38.1 Å². The summed E-state index contributed by atoms with van der Waals surface area (Å²) in [7, 11) is 0. The van der Waals surface area contributed by atoms with Crippen molar-refractivity contribution < 1.29 is 9.59 Å². The molecule has 2 heterocycles. The number of benzene rings is 1. The highest BCUT2D eigenvalue weighted by Crippen LogP contribution is 2.31. The van der Waals surface area contributed by atoms with E-state index in [-0.39, 0.29) is 18.2 Å². The molecule has 0 N–H and O–H groups in total. The van der Waals surface area contributed by atoms with Crippen LogP contribution in [0.5, 0.6) is 0 Å². The van der Waals surface area contributed by atoms with Crippen LogP contribution in [0.4, 0.5) is 5.69 Å². The third-order valence-electron chi connectivity index (χ3n) is 3.84. The van der Waals surface area contributed by atoms with Gasteiger partial charge in [-0.1, -0.05) is 23.2 Å². The van der Waals surface area contributed by atoms with Gasteiger partial charge in [-0.15, -0.1) is 0 Å². The number of hydrogen-bond donors (Lipinski definition) is 0. The van der Waals surface area contributed by atoms with Gasteiger partial charge in [0, 0.05) is 22.2 Å². The van der Waals surface area contributed by atoms with Gasteiger partial charge < -0.3 is 0 Å². The van der Waals surface area contributed by atoms with E-state index in [4.69, 9.17) is 23.2 Å². The van der Waals surface area contributed by atoms with Gasteiger partial charge in [-0.2, -0.15) is 5.10 Å². The van der Waals surface area contributed by atoms with Crippen molar-refractivity contribution in [1.29, 1.82) is 0 Å². The lowest BCUT2D eigenvalue weighted by Crippen LogP contribution is -2.31. The molecule has 1 aromatic carbocycles. The van der Waals surface area contributed by atoms with Crippen LogP contribution in [0.3, 0.4) is 0 Å². The topological polar surface area (TPSA) is 55.2 Å². The summed E-state index contributed by atoms with van der Waals surface area (Å²) in [5.41, 5.74) is 2.26. The van der Waals surface area contributed by atoms with Gasteiger partial charge >= 0.3 is 0 Å². The molecule has 0 bridgehead atoms. The van der Waals surface area contributed by atoms with Gasteiger partial charge in [0.25, 0.3) is 0 Å². The maximum atomic E-state index is 12.6. The van der Waals surface area contributed by atoms with Crippen LogP contribution in [0.15, 0.2) is 24.3 Å². The van der Waals surface area contributed by atoms with Crippen LogP contribution >= 0.6 is 23.2 Å². The van der Waals surface area contributed by atoms with Crippen molar-refractivity contribution >= 4 is 40.7 Å². The smallest absolute Gasteiger partial charge is 0.239 e. The molecule has 1 aliphatic heterocycles. The van der Waals surface area contributed by atoms with Gasteiger partial charge in [-0.3, -0.25) is 19.2 Å². The summed E-state index contributed by atoms with van der Waals surface area (Å²) in [6, 6.07) is 6.63. The second-order valence-electron chi connectivity index (χ2n) is 5.71. The molecule has 0 aliphatic carbocycles. The van der Waals surface area contributed by atoms with E-state index in [1.54, 1.807) is 22.9 Å². The van der Waals surface area contributed by atoms with Crippen LogP contribution in [-0.2, 0) is 16.1 Å². The summed E-state index contributed by atoms with van der Waals surface area (Å²) in [5, 5.41) is 5.12. The zero-order valence-corrected chi connectivity index (χ0v) is 14.2. The van der Waals surface area contributed by atoms with Gasteiger partial charge in [-0.25, -0.2) is 0 Å². The SMILES string of the molecule is Cc1cc(C)n(C[C@H]2CC(=O)N(c3cc(Cl)cc(Cl)c3)C2=O)n1. The number of anilines is 1. The van der Waals surface area contributed by atoms with Gasteiger partial charge in [0.05, 0.1) is 23.8 Å². The second kappa shape index (κ2) is 5.98. The highest BCUT2D eigenvalue weighted by atomic mass is 35.5. The minimum Gasteiger partial charge on any atom is -0.274 e. The Kier molecular flexibility index (Phi) is 4.17. The number of nitrogens with zero attached hydrogens (tertiary/aromatic N) is 3. The number of carbonyl (C=O) groups is 2. The molecule has 1 fully saturated rings. The molecule has 2 amide bonds. The molecule has 0 saturated carbocycles. The molecule has 7 heteroatoms. The molecule has 1 atom stereocenters. The molecule has 1 aromatic heterocycles. The third-order valence-corrected chi connectivity index (χ3v) is 4.28. The summed E-state index contributed by atoms with van der Waals surface area (Å²) >= 11 is 11.9. The Balaban J connectivity index is 1.86. The summed E-state index contributed by atoms with van der Waals surface area (Å²) in [5.74, 6) is -0.931. The van der Waals surface area contributed by atoms with Crippen molar-refractivity contribution in [2.24, 2.45) is 5.92 Å². The number of hydrogen-bond acceptors (Lipinski definition) is 3. The molecule has 0 radical (unpaired) electrons. The van der Waals surface area contributed by atoms with Crippen LogP contribution in [0, 0.1) is 19.8 Å². The highest BCUT2D eigenvalue weighted by molar-refractivity contribution is 6.35. The Labute approximate surface area is 143 Å². The fraction of sp³-hybridized carbons (Fsp3) is 0.312. The van der Waals surface area contributed by atoms with Crippen molar-refractivity contribution in [2.75, 3.05) is 4.90 Å². The zero-order chi connectivity index (χ0) is 16.7. The van der Waals surface area contributed by atoms with E-state index in [1.165, 1.54) is 0 Å². The lowest BCUT2D eigenvalue weighted by Gasteiger charge is -2.16. The first-order valence-electron chi connectivity index (χ1n) is 7.19. The molecule has 5 nitrogen and oxygen atoms in total. The predicted molar refractivity (Wildman–Crippen MR) is 88.8 cm³/mol. The maximum absolute atomic E-state index is 12.6. The first-order chi connectivity index (χ1) is 10.8. The first-order valence-corrected chi connectivity index (χ1v) is 7.94. The average molecular weight is 352 g/mol. The Hall–Kier alpha value is -1.85. The lowest BCUT2D eigenvalue weighted by atomic mass is 10.1. The Morgan fingerprint density at radius 2 is 1.78 bits per heavy atom. The van der Waals surface area contributed by atoms with Crippen LogP contribution in [0.25, 0.3) is 0 Å². The van der Waals surface area contributed by atoms with Crippen LogP contribution in [0.2, 0.25) is 10.0 Å². The number of aryl methyl sites for hydroxylation is 2. The van der Waals surface area contributed by atoms with E-state index in [1.807, 2.05) is 19.9 Å². The zero-order valence-electron chi connectivity index (χ0n) is 12.7. The van der Waals surface area contributed by atoms with Gasteiger partial charge in [0.1, 0.15) is 0 Å². The molecule has 0 spiro atoms. The first kappa shape index (κ1) is 16.0. The van der Waals surface area contributed by atoms with Crippen LogP contribution in [-0.4, -0.2) is 21.6 Å². The van der Waals surface area contributed by atoms with Crippen molar-refractivity contribution in [2.45, 2.75) is 26.8 Å². The van der Waals surface area contributed by atoms with Crippen molar-refractivity contribution in [3.63, 3.8) is 0 Å². The van der Waals surface area contributed by atoms with E-state index >= 15 is 0 Å². The van der Waals surface area contributed by atoms with Crippen molar-refractivity contribution in [1.82, 2.24) is 9.78 Å². The number of carbonyl (C=O) groups excluding carboxylic acids is 2.